The largest absolute Gasteiger partial charge is 0.484 e. The summed E-state index contributed by atoms with van der Waals surface area (Å²) >= 11 is 0. The Balaban J connectivity index is 1.56. The van der Waals surface area contributed by atoms with Gasteiger partial charge in [-0.15, -0.1) is 0 Å². The number of anilines is 1. The average molecular weight is 421 g/mol. The lowest BCUT2D eigenvalue weighted by Gasteiger charge is -2.37. The number of hydrogen-bond acceptors (Lipinski definition) is 4. The van der Waals surface area contributed by atoms with Crippen molar-refractivity contribution in [1.82, 2.24) is 15.2 Å². The van der Waals surface area contributed by atoms with E-state index in [2.05, 4.69) is 20.1 Å². The van der Waals surface area contributed by atoms with E-state index in [4.69, 9.17) is 9.73 Å². The number of halogens is 3. The zero-order chi connectivity index (χ0) is 21.4. The van der Waals surface area contributed by atoms with Crippen LogP contribution in [0, 0.1) is 0 Å². The van der Waals surface area contributed by atoms with Gasteiger partial charge >= 0.3 is 6.18 Å². The Labute approximate surface area is 174 Å². The first-order valence-electron chi connectivity index (χ1n) is 9.92. The minimum atomic E-state index is -4.34. The molecule has 0 unspecified atom stereocenters. The smallest absolute Gasteiger partial charge is 0.422 e. The first-order valence-corrected chi connectivity index (χ1v) is 9.92. The fourth-order valence-corrected chi connectivity index (χ4v) is 3.14. The van der Waals surface area contributed by atoms with Crippen molar-refractivity contribution in [3.63, 3.8) is 0 Å². The lowest BCUT2D eigenvalue weighted by molar-refractivity contribution is -0.153. The van der Waals surface area contributed by atoms with Crippen LogP contribution in [0.3, 0.4) is 0 Å². The maximum absolute atomic E-state index is 12.2. The lowest BCUT2D eigenvalue weighted by Crippen LogP contribution is -2.52. The van der Waals surface area contributed by atoms with E-state index in [-0.39, 0.29) is 5.75 Å². The Hall–Kier alpha value is -2.97. The summed E-state index contributed by atoms with van der Waals surface area (Å²) in [5.74, 6) is 2.00. The number of rotatable bonds is 6. The van der Waals surface area contributed by atoms with Gasteiger partial charge in [-0.1, -0.05) is 18.2 Å². The molecular weight excluding hydrogens is 395 g/mol. The third-order valence-corrected chi connectivity index (χ3v) is 4.62. The quantitative estimate of drug-likeness (QED) is 0.573. The number of nitrogens with one attached hydrogen (secondary N) is 1. The van der Waals surface area contributed by atoms with Crippen LogP contribution in [0.25, 0.3) is 0 Å². The summed E-state index contributed by atoms with van der Waals surface area (Å²) in [5.41, 5.74) is 0.900. The molecule has 1 aromatic carbocycles. The highest BCUT2D eigenvalue weighted by Crippen LogP contribution is 2.19. The number of hydrogen-bond donors (Lipinski definition) is 1. The van der Waals surface area contributed by atoms with Crippen LogP contribution < -0.4 is 15.0 Å². The van der Waals surface area contributed by atoms with E-state index < -0.39 is 12.8 Å². The molecule has 9 heteroatoms. The summed E-state index contributed by atoms with van der Waals surface area (Å²) in [6.07, 6.45) is -2.54. The molecule has 0 radical (unpaired) electrons. The maximum atomic E-state index is 12.2. The van der Waals surface area contributed by atoms with E-state index in [1.165, 1.54) is 12.1 Å². The number of guanidine groups is 1. The number of nitrogens with zero attached hydrogens (tertiary/aromatic N) is 4. The Morgan fingerprint density at radius 2 is 1.83 bits per heavy atom. The van der Waals surface area contributed by atoms with Crippen molar-refractivity contribution in [1.29, 1.82) is 0 Å². The van der Waals surface area contributed by atoms with Crippen LogP contribution in [-0.2, 0) is 6.54 Å². The van der Waals surface area contributed by atoms with Gasteiger partial charge in [0.2, 0.25) is 0 Å². The average Bonchev–Trinajstić information content (AvgIpc) is 2.76. The van der Waals surface area contributed by atoms with Gasteiger partial charge in [0, 0.05) is 38.9 Å². The monoisotopic (exact) mass is 421 g/mol. The van der Waals surface area contributed by atoms with Crippen LogP contribution in [0.2, 0.25) is 0 Å². The molecule has 0 atom stereocenters. The van der Waals surface area contributed by atoms with Crippen LogP contribution in [0.15, 0.2) is 53.7 Å². The molecule has 30 heavy (non-hydrogen) atoms. The van der Waals surface area contributed by atoms with Gasteiger partial charge in [-0.3, -0.25) is 0 Å². The maximum Gasteiger partial charge on any atom is 0.422 e. The normalized spacial score (nSPS) is 15.3. The van der Waals surface area contributed by atoms with Gasteiger partial charge < -0.3 is 19.9 Å². The van der Waals surface area contributed by atoms with E-state index in [0.717, 1.165) is 50.1 Å². The molecule has 1 aliphatic heterocycles. The summed E-state index contributed by atoms with van der Waals surface area (Å²) in [5, 5.41) is 3.32. The van der Waals surface area contributed by atoms with E-state index in [9.17, 15) is 13.2 Å². The lowest BCUT2D eigenvalue weighted by atomic mass is 10.2. The molecule has 0 saturated carbocycles. The van der Waals surface area contributed by atoms with E-state index in [1.54, 1.807) is 18.3 Å². The van der Waals surface area contributed by atoms with Crippen LogP contribution in [0.4, 0.5) is 19.0 Å². The molecule has 1 aromatic heterocycles. The summed E-state index contributed by atoms with van der Waals surface area (Å²) in [7, 11) is 0. The second-order valence-corrected chi connectivity index (χ2v) is 6.88. The zero-order valence-electron chi connectivity index (χ0n) is 16.9. The second kappa shape index (κ2) is 10.2. The molecule has 1 N–H and O–H groups in total. The minimum absolute atomic E-state index is 0.192. The van der Waals surface area contributed by atoms with Crippen LogP contribution in [-0.4, -0.2) is 61.4 Å². The predicted octanol–water partition coefficient (Wildman–Crippen LogP) is 3.31. The number of benzene rings is 1. The first kappa shape index (κ1) is 21.7. The molecule has 2 aromatic rings. The van der Waals surface area contributed by atoms with Gasteiger partial charge in [0.25, 0.3) is 0 Å². The highest BCUT2D eigenvalue weighted by molar-refractivity contribution is 5.80. The highest BCUT2D eigenvalue weighted by atomic mass is 19.4. The summed E-state index contributed by atoms with van der Waals surface area (Å²) in [6.45, 7) is 5.27. The molecule has 6 nitrogen and oxygen atoms in total. The summed E-state index contributed by atoms with van der Waals surface area (Å²) in [4.78, 5) is 13.6. The molecule has 0 spiro atoms. The van der Waals surface area contributed by atoms with E-state index in [0.29, 0.717) is 6.54 Å². The Kier molecular flexibility index (Phi) is 7.37. The SMILES string of the molecule is CCNC(=NCc1ccc(OCC(F)(F)F)cc1)N1CCN(c2ccccn2)CC1. The molecule has 162 valence electrons. The molecule has 1 saturated heterocycles. The molecule has 0 bridgehead atoms. The molecule has 1 aliphatic rings. The number of aromatic nitrogens is 1. The molecule has 2 heterocycles. The van der Waals surface area contributed by atoms with Crippen LogP contribution in [0.1, 0.15) is 12.5 Å². The molecular formula is C21H26F3N5O. The Bertz CT molecular complexity index is 804. The van der Waals surface area contributed by atoms with Gasteiger partial charge in [0.05, 0.1) is 6.54 Å². The van der Waals surface area contributed by atoms with E-state index >= 15 is 0 Å². The van der Waals surface area contributed by atoms with Crippen molar-refractivity contribution in [2.75, 3.05) is 44.2 Å². The Morgan fingerprint density at radius 3 is 2.43 bits per heavy atom. The topological polar surface area (TPSA) is 53.0 Å². The van der Waals surface area contributed by atoms with Crippen LogP contribution >= 0.6 is 0 Å². The number of alkyl halides is 3. The predicted molar refractivity (Wildman–Crippen MR) is 111 cm³/mol. The highest BCUT2D eigenvalue weighted by Gasteiger charge is 2.28. The fourth-order valence-electron chi connectivity index (χ4n) is 3.14. The standard InChI is InChI=1S/C21H26F3N5O/c1-2-25-20(29-13-11-28(12-14-29)19-5-3-4-10-26-19)27-15-17-6-8-18(9-7-17)30-16-21(22,23)24/h3-10H,2,11-16H2,1H3,(H,25,27). The van der Waals surface area contributed by atoms with Crippen molar-refractivity contribution in [3.8, 4) is 5.75 Å². The van der Waals surface area contributed by atoms with Crippen molar-refractivity contribution in [3.05, 3.63) is 54.2 Å². The van der Waals surface area contributed by atoms with Gasteiger partial charge in [-0.05, 0) is 36.8 Å². The molecule has 0 aliphatic carbocycles. The molecule has 0 amide bonds. The number of piperazine rings is 1. The van der Waals surface area contributed by atoms with E-state index in [1.807, 2.05) is 25.1 Å². The molecule has 1 fully saturated rings. The van der Waals surface area contributed by atoms with Gasteiger partial charge in [-0.25, -0.2) is 9.98 Å². The van der Waals surface area contributed by atoms with Crippen molar-refractivity contribution in [2.45, 2.75) is 19.6 Å². The number of aliphatic imine (C=N–C) groups is 1. The van der Waals surface area contributed by atoms with Gasteiger partial charge in [0.15, 0.2) is 12.6 Å². The van der Waals surface area contributed by atoms with Crippen LogP contribution in [0.5, 0.6) is 5.75 Å². The fraction of sp³-hybridized carbons (Fsp3) is 0.429. The zero-order valence-corrected chi connectivity index (χ0v) is 16.9. The van der Waals surface area contributed by atoms with Gasteiger partial charge in [0.1, 0.15) is 11.6 Å². The Morgan fingerprint density at radius 1 is 1.10 bits per heavy atom. The van der Waals surface area contributed by atoms with Crippen molar-refractivity contribution in [2.24, 2.45) is 4.99 Å². The number of ether oxygens (including phenoxy) is 1. The van der Waals surface area contributed by atoms with Gasteiger partial charge in [-0.2, -0.15) is 13.2 Å². The third-order valence-electron chi connectivity index (χ3n) is 4.62. The second-order valence-electron chi connectivity index (χ2n) is 6.88. The summed E-state index contributed by atoms with van der Waals surface area (Å²) < 4.78 is 41.5. The first-order chi connectivity index (χ1) is 14.4. The molecule has 3 rings (SSSR count). The van der Waals surface area contributed by atoms with Crippen molar-refractivity contribution >= 4 is 11.8 Å². The van der Waals surface area contributed by atoms with Crippen molar-refractivity contribution < 1.29 is 17.9 Å². The summed E-state index contributed by atoms with van der Waals surface area (Å²) in [6, 6.07) is 12.4. The third kappa shape index (κ3) is 6.53. The minimum Gasteiger partial charge on any atom is -0.484 e. The number of pyridine rings is 1.